The van der Waals surface area contributed by atoms with Crippen molar-refractivity contribution in [1.29, 1.82) is 0 Å². The van der Waals surface area contributed by atoms with Crippen LogP contribution in [-0.4, -0.2) is 25.4 Å². The molecule has 7 heteroatoms. The molecular weight excluding hydrogens is 445 g/mol. The smallest absolute Gasteiger partial charge is 0.335 e. The number of aromatic carboxylic acids is 1. The van der Waals surface area contributed by atoms with E-state index in [1.165, 1.54) is 0 Å². The van der Waals surface area contributed by atoms with Crippen molar-refractivity contribution in [2.24, 2.45) is 0 Å². The van der Waals surface area contributed by atoms with Crippen molar-refractivity contribution < 1.29 is 9.90 Å². The zero-order valence-corrected chi connectivity index (χ0v) is 18.0. The Morgan fingerprint density at radius 3 is 2.12 bits per heavy atom. The van der Waals surface area contributed by atoms with E-state index in [1.807, 2.05) is 65.2 Å². The molecule has 0 aliphatic carbocycles. The molecule has 0 aliphatic heterocycles. The van der Waals surface area contributed by atoms with E-state index in [0.29, 0.717) is 15.8 Å². The zero-order chi connectivity index (χ0) is 22.2. The van der Waals surface area contributed by atoms with Gasteiger partial charge in [0, 0.05) is 39.1 Å². The molecule has 0 saturated heterocycles. The number of hydrogen-bond acceptors (Lipinski definition) is 3. The number of fused-ring (bicyclic) bond motifs is 1. The quantitative estimate of drug-likeness (QED) is 0.323. The fraction of sp³-hybridized carbons (Fsp3) is 0. The molecular formula is C25H15Cl2N3O2. The van der Waals surface area contributed by atoms with Crippen LogP contribution in [0.1, 0.15) is 10.4 Å². The van der Waals surface area contributed by atoms with Gasteiger partial charge >= 0.3 is 5.97 Å². The van der Waals surface area contributed by atoms with Crippen molar-refractivity contribution >= 4 is 34.9 Å². The van der Waals surface area contributed by atoms with Crippen LogP contribution in [0.25, 0.3) is 39.4 Å². The van der Waals surface area contributed by atoms with Gasteiger partial charge in [0.25, 0.3) is 0 Å². The molecule has 0 bridgehead atoms. The predicted octanol–water partition coefficient (Wildman–Crippen LogP) is 6.74. The van der Waals surface area contributed by atoms with Crippen molar-refractivity contribution in [2.45, 2.75) is 0 Å². The SMILES string of the molecule is O=C(O)c1cccc(-c2cnc3nc(-c4ccc(Cl)cc4)c(-c4ccc(Cl)cc4)n3c2)c1. The monoisotopic (exact) mass is 459 g/mol. The largest absolute Gasteiger partial charge is 0.478 e. The lowest BCUT2D eigenvalue weighted by Crippen LogP contribution is -1.97. The Bertz CT molecular complexity index is 1460. The molecule has 5 aromatic rings. The number of carboxylic acids is 1. The standard InChI is InChI=1S/C25H15Cl2N3O2/c26-20-8-4-15(5-9-20)22-23(16-6-10-21(27)11-7-16)30-14-19(13-28-25(30)29-22)17-2-1-3-18(12-17)24(31)32/h1-14H,(H,31,32). The van der Waals surface area contributed by atoms with Crippen LogP contribution >= 0.6 is 23.2 Å². The highest BCUT2D eigenvalue weighted by molar-refractivity contribution is 6.31. The van der Waals surface area contributed by atoms with E-state index < -0.39 is 5.97 Å². The van der Waals surface area contributed by atoms with Gasteiger partial charge in [-0.3, -0.25) is 4.40 Å². The van der Waals surface area contributed by atoms with E-state index in [9.17, 15) is 9.90 Å². The number of carbonyl (C=O) groups is 1. The van der Waals surface area contributed by atoms with Gasteiger partial charge in [0.05, 0.1) is 17.0 Å². The summed E-state index contributed by atoms with van der Waals surface area (Å²) < 4.78 is 1.91. The van der Waals surface area contributed by atoms with E-state index in [4.69, 9.17) is 28.2 Å². The van der Waals surface area contributed by atoms with Gasteiger partial charge in [-0.1, -0.05) is 59.6 Å². The number of nitrogens with zero attached hydrogens (tertiary/aromatic N) is 3. The minimum Gasteiger partial charge on any atom is -0.478 e. The van der Waals surface area contributed by atoms with Crippen LogP contribution in [0, 0.1) is 0 Å². The number of hydrogen-bond donors (Lipinski definition) is 1. The minimum atomic E-state index is -0.976. The Morgan fingerprint density at radius 1 is 0.812 bits per heavy atom. The molecule has 156 valence electrons. The van der Waals surface area contributed by atoms with Gasteiger partial charge < -0.3 is 5.11 Å². The first kappa shape index (κ1) is 20.2. The maximum absolute atomic E-state index is 11.4. The fourth-order valence-corrected chi connectivity index (χ4v) is 3.86. The lowest BCUT2D eigenvalue weighted by atomic mass is 10.0. The molecule has 2 aromatic heterocycles. The van der Waals surface area contributed by atoms with Crippen molar-refractivity contribution in [3.8, 4) is 33.6 Å². The molecule has 0 fully saturated rings. The molecule has 32 heavy (non-hydrogen) atoms. The van der Waals surface area contributed by atoms with E-state index in [2.05, 4.69) is 4.98 Å². The van der Waals surface area contributed by atoms with Crippen molar-refractivity contribution in [1.82, 2.24) is 14.4 Å². The first-order valence-corrected chi connectivity index (χ1v) is 10.5. The Hall–Kier alpha value is -3.67. The van der Waals surface area contributed by atoms with Crippen molar-refractivity contribution in [3.63, 3.8) is 0 Å². The summed E-state index contributed by atoms with van der Waals surface area (Å²) in [4.78, 5) is 20.7. The average Bonchev–Trinajstić information content (AvgIpc) is 3.19. The molecule has 3 aromatic carbocycles. The van der Waals surface area contributed by atoms with Crippen LogP contribution in [0.15, 0.2) is 85.2 Å². The fourth-order valence-electron chi connectivity index (χ4n) is 3.61. The number of carboxylic acid groups (broad SMARTS) is 1. The molecule has 0 saturated carbocycles. The third kappa shape index (κ3) is 3.73. The molecule has 0 aliphatic rings. The van der Waals surface area contributed by atoms with Gasteiger partial charge in [0.15, 0.2) is 0 Å². The van der Waals surface area contributed by atoms with Crippen LogP contribution in [-0.2, 0) is 0 Å². The average molecular weight is 460 g/mol. The van der Waals surface area contributed by atoms with Crippen molar-refractivity contribution in [2.75, 3.05) is 0 Å². The Kier molecular flexibility index (Phi) is 5.13. The summed E-state index contributed by atoms with van der Waals surface area (Å²) in [6.45, 7) is 0. The Labute approximate surface area is 193 Å². The second kappa shape index (κ2) is 8.11. The molecule has 5 rings (SSSR count). The summed E-state index contributed by atoms with van der Waals surface area (Å²) in [6, 6.07) is 21.8. The number of benzene rings is 3. The molecule has 0 spiro atoms. The number of halogens is 2. The Balaban J connectivity index is 1.75. The first-order chi connectivity index (χ1) is 15.5. The highest BCUT2D eigenvalue weighted by atomic mass is 35.5. The maximum atomic E-state index is 11.4. The first-order valence-electron chi connectivity index (χ1n) is 9.73. The van der Waals surface area contributed by atoms with Crippen LogP contribution in [0.2, 0.25) is 10.0 Å². The van der Waals surface area contributed by atoms with Crippen LogP contribution in [0.5, 0.6) is 0 Å². The van der Waals surface area contributed by atoms with E-state index in [0.717, 1.165) is 33.6 Å². The molecule has 1 N–H and O–H groups in total. The van der Waals surface area contributed by atoms with Gasteiger partial charge in [-0.15, -0.1) is 0 Å². The summed E-state index contributed by atoms with van der Waals surface area (Å²) in [5.74, 6) is -0.451. The lowest BCUT2D eigenvalue weighted by molar-refractivity contribution is 0.0697. The second-order valence-corrected chi connectivity index (χ2v) is 8.09. The number of rotatable bonds is 4. The summed E-state index contributed by atoms with van der Waals surface area (Å²) in [6.07, 6.45) is 3.61. The van der Waals surface area contributed by atoms with E-state index in [1.54, 1.807) is 24.4 Å². The topological polar surface area (TPSA) is 67.5 Å². The summed E-state index contributed by atoms with van der Waals surface area (Å²) >= 11 is 12.2. The lowest BCUT2D eigenvalue weighted by Gasteiger charge is -2.08. The summed E-state index contributed by atoms with van der Waals surface area (Å²) in [5.41, 5.74) is 5.17. The molecule has 0 atom stereocenters. The molecule has 2 heterocycles. The zero-order valence-electron chi connectivity index (χ0n) is 16.5. The summed E-state index contributed by atoms with van der Waals surface area (Å²) in [5, 5.41) is 10.6. The maximum Gasteiger partial charge on any atom is 0.335 e. The van der Waals surface area contributed by atoms with E-state index in [-0.39, 0.29) is 5.56 Å². The predicted molar refractivity (Wildman–Crippen MR) is 126 cm³/mol. The summed E-state index contributed by atoms with van der Waals surface area (Å²) in [7, 11) is 0. The van der Waals surface area contributed by atoms with Gasteiger partial charge in [0.1, 0.15) is 0 Å². The number of imidazole rings is 1. The highest BCUT2D eigenvalue weighted by Gasteiger charge is 2.18. The van der Waals surface area contributed by atoms with Gasteiger partial charge in [-0.2, -0.15) is 0 Å². The molecule has 0 unspecified atom stereocenters. The third-order valence-electron chi connectivity index (χ3n) is 5.16. The van der Waals surface area contributed by atoms with Gasteiger partial charge in [0.2, 0.25) is 5.78 Å². The van der Waals surface area contributed by atoms with Crippen molar-refractivity contribution in [3.05, 3.63) is 101 Å². The van der Waals surface area contributed by atoms with Crippen LogP contribution in [0.3, 0.4) is 0 Å². The molecule has 0 radical (unpaired) electrons. The van der Waals surface area contributed by atoms with Gasteiger partial charge in [-0.05, 0) is 42.0 Å². The third-order valence-corrected chi connectivity index (χ3v) is 5.66. The molecule has 0 amide bonds. The highest BCUT2D eigenvalue weighted by Crippen LogP contribution is 2.34. The van der Waals surface area contributed by atoms with Crippen LogP contribution < -0.4 is 0 Å². The minimum absolute atomic E-state index is 0.216. The molecule has 5 nitrogen and oxygen atoms in total. The Morgan fingerprint density at radius 2 is 1.47 bits per heavy atom. The van der Waals surface area contributed by atoms with E-state index >= 15 is 0 Å². The normalized spacial score (nSPS) is 11.1. The van der Waals surface area contributed by atoms with Gasteiger partial charge in [-0.25, -0.2) is 14.8 Å². The van der Waals surface area contributed by atoms with Crippen LogP contribution in [0.4, 0.5) is 0 Å². The second-order valence-electron chi connectivity index (χ2n) is 7.22. The number of aromatic nitrogens is 3.